The number of hydrogen-bond acceptors (Lipinski definition) is 8. The minimum atomic E-state index is -3.89. The number of hydrogen-bond donors (Lipinski definition) is 3. The molecule has 3 amide bonds. The first-order chi connectivity index (χ1) is 17.2. The highest BCUT2D eigenvalue weighted by Crippen LogP contribution is 2.31. The van der Waals surface area contributed by atoms with Gasteiger partial charge in [-0.25, -0.2) is 4.98 Å². The van der Waals surface area contributed by atoms with Gasteiger partial charge < -0.3 is 15.2 Å². The van der Waals surface area contributed by atoms with Crippen LogP contribution >= 0.6 is 0 Å². The quantitative estimate of drug-likeness (QED) is 0.332. The van der Waals surface area contributed by atoms with Crippen LogP contribution in [-0.4, -0.2) is 61.3 Å². The zero-order valence-electron chi connectivity index (χ0n) is 19.5. The van der Waals surface area contributed by atoms with Crippen molar-refractivity contribution in [1.82, 2.24) is 20.6 Å². The first-order valence-electron chi connectivity index (χ1n) is 11.6. The Hall–Kier alpha value is -3.77. The molecule has 0 aliphatic carbocycles. The van der Waals surface area contributed by atoms with Crippen LogP contribution in [0.25, 0.3) is 11.0 Å². The number of H-pyrrole nitrogens is 1. The molecule has 2 aliphatic rings. The highest BCUT2D eigenvalue weighted by atomic mass is 32.2. The summed E-state index contributed by atoms with van der Waals surface area (Å²) >= 11 is 0. The van der Waals surface area contributed by atoms with Crippen LogP contribution in [0.4, 0.5) is 5.69 Å². The second-order valence-electron chi connectivity index (χ2n) is 8.96. The number of fused-ring (bicyclic) bond motifs is 1. The Labute approximate surface area is 207 Å². The molecule has 0 radical (unpaired) electrons. The van der Waals surface area contributed by atoms with Crippen molar-refractivity contribution >= 4 is 44.6 Å². The maximum Gasteiger partial charge on any atom is 0.297 e. The van der Waals surface area contributed by atoms with Crippen molar-refractivity contribution in [3.63, 3.8) is 0 Å². The zero-order valence-corrected chi connectivity index (χ0v) is 20.3. The molecule has 2 aliphatic heterocycles. The number of carbonyl (C=O) groups is 3. The van der Waals surface area contributed by atoms with Gasteiger partial charge in [-0.05, 0) is 44.0 Å². The Morgan fingerprint density at radius 2 is 1.92 bits per heavy atom. The lowest BCUT2D eigenvalue weighted by molar-refractivity contribution is -0.134. The number of nitrogens with one attached hydrogen (secondary N) is 3. The third kappa shape index (κ3) is 4.69. The maximum atomic E-state index is 12.9. The van der Waals surface area contributed by atoms with Crippen LogP contribution in [0, 0.1) is 6.92 Å². The summed E-state index contributed by atoms with van der Waals surface area (Å²) in [6, 6.07) is 9.10. The van der Waals surface area contributed by atoms with Gasteiger partial charge in [-0.2, -0.15) is 8.42 Å². The minimum absolute atomic E-state index is 0.119. The molecule has 2 unspecified atom stereocenters. The molecule has 12 heteroatoms. The fourth-order valence-corrected chi connectivity index (χ4v) is 5.59. The van der Waals surface area contributed by atoms with Crippen LogP contribution in [-0.2, 0) is 23.9 Å². The smallest absolute Gasteiger partial charge is 0.297 e. The average Bonchev–Trinajstić information content (AvgIpc) is 3.50. The number of amides is 3. The Morgan fingerprint density at radius 3 is 2.67 bits per heavy atom. The minimum Gasteiger partial charge on any atom is -0.367 e. The van der Waals surface area contributed by atoms with E-state index >= 15 is 0 Å². The lowest BCUT2D eigenvalue weighted by Gasteiger charge is -2.22. The summed E-state index contributed by atoms with van der Waals surface area (Å²) in [5.41, 5.74) is 3.05. The van der Waals surface area contributed by atoms with E-state index in [9.17, 15) is 22.8 Å². The molecule has 0 saturated carbocycles. The number of aromatic nitrogens is 2. The van der Waals surface area contributed by atoms with Crippen molar-refractivity contribution in [3.05, 3.63) is 53.9 Å². The van der Waals surface area contributed by atoms with Gasteiger partial charge in [0.2, 0.25) is 11.8 Å². The molecule has 3 N–H and O–H groups in total. The molecular formula is C24H25N5O6S. The van der Waals surface area contributed by atoms with Crippen LogP contribution in [0.5, 0.6) is 0 Å². The van der Waals surface area contributed by atoms with Crippen molar-refractivity contribution < 1.29 is 27.0 Å². The van der Waals surface area contributed by atoms with E-state index in [4.69, 9.17) is 4.18 Å². The third-order valence-corrected chi connectivity index (χ3v) is 7.78. The summed E-state index contributed by atoms with van der Waals surface area (Å²) in [6.45, 7) is 2.79. The van der Waals surface area contributed by atoms with E-state index in [0.717, 1.165) is 11.3 Å². The zero-order chi connectivity index (χ0) is 25.4. The van der Waals surface area contributed by atoms with E-state index in [1.807, 2.05) is 11.8 Å². The van der Waals surface area contributed by atoms with Crippen molar-refractivity contribution in [1.29, 1.82) is 0 Å². The van der Waals surface area contributed by atoms with Gasteiger partial charge in [0.25, 0.3) is 16.0 Å². The molecule has 2 aromatic carbocycles. The van der Waals surface area contributed by atoms with E-state index in [2.05, 4.69) is 20.6 Å². The number of rotatable bonds is 6. The van der Waals surface area contributed by atoms with E-state index in [0.29, 0.717) is 30.5 Å². The first-order valence-corrected chi connectivity index (χ1v) is 13.0. The molecule has 2 fully saturated rings. The Kier molecular flexibility index (Phi) is 6.22. The molecule has 5 rings (SSSR count). The van der Waals surface area contributed by atoms with Crippen molar-refractivity contribution in [2.45, 2.75) is 43.2 Å². The van der Waals surface area contributed by atoms with Crippen LogP contribution in [0.15, 0.2) is 47.6 Å². The van der Waals surface area contributed by atoms with Crippen LogP contribution in [0.3, 0.4) is 0 Å². The summed E-state index contributed by atoms with van der Waals surface area (Å²) in [6.07, 6.45) is 1.86. The van der Waals surface area contributed by atoms with Gasteiger partial charge in [-0.15, -0.1) is 0 Å². The number of anilines is 1. The van der Waals surface area contributed by atoms with E-state index in [-0.39, 0.29) is 29.2 Å². The number of aromatic amines is 1. The van der Waals surface area contributed by atoms with Gasteiger partial charge in [0.1, 0.15) is 11.6 Å². The molecule has 11 nitrogen and oxygen atoms in total. The highest BCUT2D eigenvalue weighted by molar-refractivity contribution is 7.86. The maximum absolute atomic E-state index is 12.9. The van der Waals surface area contributed by atoms with E-state index in [1.165, 1.54) is 18.5 Å². The monoisotopic (exact) mass is 511 g/mol. The second kappa shape index (κ2) is 9.36. The van der Waals surface area contributed by atoms with Gasteiger partial charge >= 0.3 is 0 Å². The number of nitrogens with zero attached hydrogens (tertiary/aromatic N) is 2. The number of benzene rings is 2. The molecule has 0 bridgehead atoms. The van der Waals surface area contributed by atoms with Crippen LogP contribution in [0.1, 0.15) is 35.2 Å². The highest BCUT2D eigenvalue weighted by Gasteiger charge is 2.32. The average molecular weight is 512 g/mol. The van der Waals surface area contributed by atoms with Gasteiger partial charge in [-0.1, -0.05) is 17.7 Å². The van der Waals surface area contributed by atoms with Gasteiger partial charge in [0.05, 0.1) is 34.1 Å². The fraction of sp³-hybridized carbons (Fsp3) is 0.333. The third-order valence-electron chi connectivity index (χ3n) is 6.41. The van der Waals surface area contributed by atoms with Crippen molar-refractivity contribution in [2.24, 2.45) is 0 Å². The van der Waals surface area contributed by atoms with Crippen molar-refractivity contribution in [2.75, 3.05) is 18.0 Å². The fourth-order valence-electron chi connectivity index (χ4n) is 4.50. The van der Waals surface area contributed by atoms with Gasteiger partial charge in [-0.3, -0.25) is 23.9 Å². The summed E-state index contributed by atoms with van der Waals surface area (Å²) in [4.78, 5) is 45.8. The number of imide groups is 1. The van der Waals surface area contributed by atoms with Crippen LogP contribution < -0.4 is 15.5 Å². The van der Waals surface area contributed by atoms with Crippen LogP contribution in [0.2, 0.25) is 0 Å². The Balaban J connectivity index is 1.30. The first kappa shape index (κ1) is 23.9. The molecule has 2 atom stereocenters. The number of aryl methyl sites for hydroxylation is 1. The van der Waals surface area contributed by atoms with Crippen molar-refractivity contribution in [3.8, 4) is 0 Å². The van der Waals surface area contributed by atoms with E-state index in [1.54, 1.807) is 24.3 Å². The molecule has 2 saturated heterocycles. The number of carbonyl (C=O) groups excluding carboxylic acids is 3. The molecule has 3 heterocycles. The standard InChI is InChI=1S/C24H25N5O6S/c1-14-2-4-16(5-3-14)36(33,34)35-15-10-11-29(12-15)19-8-6-17(21-22(19)26-13-25-21)23(31)27-18-7-9-20(30)28-24(18)32/h2-6,8,13,15,18H,7,9-12H2,1H3,(H,25,26)(H,27,31)(H,28,30,32). The SMILES string of the molecule is Cc1ccc(S(=O)(=O)OC2CCN(c3ccc(C(=O)NC4CCC(=O)NC4=O)c4nc[nH]c34)C2)cc1. The summed E-state index contributed by atoms with van der Waals surface area (Å²) in [5, 5.41) is 4.89. The van der Waals surface area contributed by atoms with E-state index < -0.39 is 34.1 Å². The molecule has 188 valence electrons. The topological polar surface area (TPSA) is 151 Å². The molecular weight excluding hydrogens is 486 g/mol. The Morgan fingerprint density at radius 1 is 1.14 bits per heavy atom. The predicted molar refractivity (Wildman–Crippen MR) is 130 cm³/mol. The molecule has 1 aromatic heterocycles. The van der Waals surface area contributed by atoms with Gasteiger partial charge in [0.15, 0.2) is 0 Å². The molecule has 36 heavy (non-hydrogen) atoms. The predicted octanol–water partition coefficient (Wildman–Crippen LogP) is 1.39. The number of imidazole rings is 1. The summed E-state index contributed by atoms with van der Waals surface area (Å²) in [7, 11) is -3.89. The number of piperidine rings is 1. The molecule has 0 spiro atoms. The lowest BCUT2D eigenvalue weighted by Crippen LogP contribution is -2.52. The summed E-state index contributed by atoms with van der Waals surface area (Å²) in [5.74, 6) is -1.36. The summed E-state index contributed by atoms with van der Waals surface area (Å²) < 4.78 is 30.9. The largest absolute Gasteiger partial charge is 0.367 e. The second-order valence-corrected chi connectivity index (χ2v) is 10.5. The van der Waals surface area contributed by atoms with Gasteiger partial charge in [0, 0.05) is 19.5 Å². The lowest BCUT2D eigenvalue weighted by atomic mass is 10.0. The normalized spacial score (nSPS) is 20.5. The molecule has 3 aromatic rings. The Bertz CT molecular complexity index is 1450.